The monoisotopic (exact) mass is 358 g/mol. The number of benzene rings is 1. The van der Waals surface area contributed by atoms with Gasteiger partial charge in [0.1, 0.15) is 6.61 Å². The van der Waals surface area contributed by atoms with Gasteiger partial charge >= 0.3 is 0 Å². The lowest BCUT2D eigenvalue weighted by atomic mass is 10.2. The molecule has 1 aliphatic rings. The molecular weight excluding hydrogens is 336 g/mol. The van der Waals surface area contributed by atoms with Gasteiger partial charge in [0.2, 0.25) is 0 Å². The summed E-state index contributed by atoms with van der Waals surface area (Å²) < 4.78 is 16.8. The van der Waals surface area contributed by atoms with Crippen LogP contribution in [-0.4, -0.2) is 42.3 Å². The first kappa shape index (κ1) is 17.9. The number of amides is 1. The SMILES string of the molecule is COc1cc(CNC(=O)c2nccnc2N)ccc1OCC1CCCO1. The Labute approximate surface area is 151 Å². The molecule has 0 aliphatic carbocycles. The van der Waals surface area contributed by atoms with Crippen LogP contribution in [0.5, 0.6) is 11.5 Å². The van der Waals surface area contributed by atoms with E-state index in [2.05, 4.69) is 15.3 Å². The minimum Gasteiger partial charge on any atom is -0.493 e. The Bertz CT molecular complexity index is 763. The lowest BCUT2D eigenvalue weighted by Gasteiger charge is -2.15. The summed E-state index contributed by atoms with van der Waals surface area (Å²) in [7, 11) is 1.58. The Kier molecular flexibility index (Phi) is 5.85. The number of carbonyl (C=O) groups is 1. The Balaban J connectivity index is 1.59. The van der Waals surface area contributed by atoms with E-state index in [-0.39, 0.29) is 23.5 Å². The van der Waals surface area contributed by atoms with E-state index in [4.69, 9.17) is 19.9 Å². The van der Waals surface area contributed by atoms with Crippen molar-refractivity contribution in [2.45, 2.75) is 25.5 Å². The van der Waals surface area contributed by atoms with E-state index in [0.29, 0.717) is 24.7 Å². The standard InChI is InChI=1S/C18H22N4O4/c1-24-15-9-12(4-5-14(15)26-11-13-3-2-8-25-13)10-22-18(23)16-17(19)21-7-6-20-16/h4-7,9,13H,2-3,8,10-11H2,1H3,(H2,19,21)(H,22,23). The van der Waals surface area contributed by atoms with Gasteiger partial charge < -0.3 is 25.3 Å². The molecular formula is C18H22N4O4. The summed E-state index contributed by atoms with van der Waals surface area (Å²) in [6, 6.07) is 5.52. The Morgan fingerprint density at radius 2 is 2.19 bits per heavy atom. The fourth-order valence-corrected chi connectivity index (χ4v) is 2.69. The van der Waals surface area contributed by atoms with Crippen LogP contribution in [0.2, 0.25) is 0 Å². The zero-order valence-electron chi connectivity index (χ0n) is 14.6. The topological polar surface area (TPSA) is 109 Å². The molecule has 1 unspecified atom stereocenters. The van der Waals surface area contributed by atoms with Gasteiger partial charge in [0, 0.05) is 25.5 Å². The summed E-state index contributed by atoms with van der Waals surface area (Å²) in [5, 5.41) is 2.77. The largest absolute Gasteiger partial charge is 0.493 e. The van der Waals surface area contributed by atoms with E-state index in [0.717, 1.165) is 25.0 Å². The number of hydrogen-bond donors (Lipinski definition) is 2. The van der Waals surface area contributed by atoms with Gasteiger partial charge in [0.15, 0.2) is 23.0 Å². The van der Waals surface area contributed by atoms with Crippen molar-refractivity contribution in [3.63, 3.8) is 0 Å². The van der Waals surface area contributed by atoms with Gasteiger partial charge in [-0.2, -0.15) is 0 Å². The average molecular weight is 358 g/mol. The van der Waals surface area contributed by atoms with Crippen LogP contribution in [0.15, 0.2) is 30.6 Å². The number of rotatable bonds is 7. The zero-order valence-corrected chi connectivity index (χ0v) is 14.6. The summed E-state index contributed by atoms with van der Waals surface area (Å²) in [5.74, 6) is 0.971. The first-order valence-electron chi connectivity index (χ1n) is 8.43. The molecule has 0 spiro atoms. The van der Waals surface area contributed by atoms with Gasteiger partial charge in [-0.1, -0.05) is 6.07 Å². The van der Waals surface area contributed by atoms with Crippen LogP contribution in [0, 0.1) is 0 Å². The molecule has 138 valence electrons. The first-order chi connectivity index (χ1) is 12.7. The van der Waals surface area contributed by atoms with Crippen LogP contribution in [0.25, 0.3) is 0 Å². The maximum atomic E-state index is 12.1. The van der Waals surface area contributed by atoms with Crippen molar-refractivity contribution in [2.75, 3.05) is 26.1 Å². The Morgan fingerprint density at radius 3 is 2.92 bits per heavy atom. The van der Waals surface area contributed by atoms with Gasteiger partial charge in [-0.3, -0.25) is 4.79 Å². The van der Waals surface area contributed by atoms with Crippen LogP contribution >= 0.6 is 0 Å². The summed E-state index contributed by atoms with van der Waals surface area (Å²) in [4.78, 5) is 19.9. The maximum absolute atomic E-state index is 12.1. The normalized spacial score (nSPS) is 16.3. The number of nitrogen functional groups attached to an aromatic ring is 1. The van der Waals surface area contributed by atoms with E-state index in [1.54, 1.807) is 7.11 Å². The number of nitrogens with one attached hydrogen (secondary N) is 1. The van der Waals surface area contributed by atoms with Crippen LogP contribution in [0.1, 0.15) is 28.9 Å². The molecule has 1 aromatic heterocycles. The molecule has 0 radical (unpaired) electrons. The quantitative estimate of drug-likeness (QED) is 0.773. The molecule has 1 fully saturated rings. The van der Waals surface area contributed by atoms with E-state index < -0.39 is 0 Å². The van der Waals surface area contributed by atoms with Crippen molar-refractivity contribution in [1.29, 1.82) is 0 Å². The number of ether oxygens (including phenoxy) is 3. The third-order valence-corrected chi connectivity index (χ3v) is 4.07. The smallest absolute Gasteiger partial charge is 0.273 e. The van der Waals surface area contributed by atoms with Crippen LogP contribution in [0.4, 0.5) is 5.82 Å². The van der Waals surface area contributed by atoms with E-state index in [1.807, 2.05) is 18.2 Å². The molecule has 1 aromatic carbocycles. The fraction of sp³-hybridized carbons (Fsp3) is 0.389. The highest BCUT2D eigenvalue weighted by Crippen LogP contribution is 2.29. The molecule has 8 nitrogen and oxygen atoms in total. The van der Waals surface area contributed by atoms with Crippen molar-refractivity contribution < 1.29 is 19.0 Å². The summed E-state index contributed by atoms with van der Waals surface area (Å²) in [5.41, 5.74) is 6.63. The number of carbonyl (C=O) groups excluding carboxylic acids is 1. The predicted molar refractivity (Wildman–Crippen MR) is 95.1 cm³/mol. The molecule has 26 heavy (non-hydrogen) atoms. The van der Waals surface area contributed by atoms with Crippen LogP contribution < -0.4 is 20.5 Å². The summed E-state index contributed by atoms with van der Waals surface area (Å²) in [6.07, 6.45) is 5.08. The van der Waals surface area contributed by atoms with E-state index in [9.17, 15) is 4.79 Å². The molecule has 8 heteroatoms. The minimum atomic E-state index is -0.381. The van der Waals surface area contributed by atoms with Crippen LogP contribution in [-0.2, 0) is 11.3 Å². The second-order valence-electron chi connectivity index (χ2n) is 5.90. The second kappa shape index (κ2) is 8.48. The lowest BCUT2D eigenvalue weighted by Crippen LogP contribution is -2.25. The predicted octanol–water partition coefficient (Wildman–Crippen LogP) is 1.56. The highest BCUT2D eigenvalue weighted by molar-refractivity contribution is 5.96. The van der Waals surface area contributed by atoms with Gasteiger partial charge in [-0.15, -0.1) is 0 Å². The first-order valence-corrected chi connectivity index (χ1v) is 8.43. The lowest BCUT2D eigenvalue weighted by molar-refractivity contribution is 0.0669. The van der Waals surface area contributed by atoms with Crippen molar-refractivity contribution in [3.8, 4) is 11.5 Å². The molecule has 0 saturated carbocycles. The molecule has 1 atom stereocenters. The number of aromatic nitrogens is 2. The number of anilines is 1. The average Bonchev–Trinajstić information content (AvgIpc) is 3.18. The van der Waals surface area contributed by atoms with Crippen molar-refractivity contribution in [1.82, 2.24) is 15.3 Å². The van der Waals surface area contributed by atoms with Gasteiger partial charge in [-0.05, 0) is 30.5 Å². The number of hydrogen-bond acceptors (Lipinski definition) is 7. The van der Waals surface area contributed by atoms with E-state index >= 15 is 0 Å². The summed E-state index contributed by atoms with van der Waals surface area (Å²) in [6.45, 7) is 1.59. The molecule has 3 N–H and O–H groups in total. The van der Waals surface area contributed by atoms with Crippen LogP contribution in [0.3, 0.4) is 0 Å². The number of methoxy groups -OCH3 is 1. The number of nitrogens with zero attached hydrogens (tertiary/aromatic N) is 2. The molecule has 0 bridgehead atoms. The minimum absolute atomic E-state index is 0.0976. The maximum Gasteiger partial charge on any atom is 0.273 e. The summed E-state index contributed by atoms with van der Waals surface area (Å²) >= 11 is 0. The van der Waals surface area contributed by atoms with Gasteiger partial charge in [-0.25, -0.2) is 9.97 Å². The highest BCUT2D eigenvalue weighted by atomic mass is 16.5. The Hall–Kier alpha value is -2.87. The van der Waals surface area contributed by atoms with Gasteiger partial charge in [0.25, 0.3) is 5.91 Å². The zero-order chi connectivity index (χ0) is 18.4. The molecule has 2 heterocycles. The van der Waals surface area contributed by atoms with Crippen molar-refractivity contribution in [3.05, 3.63) is 41.9 Å². The van der Waals surface area contributed by atoms with Gasteiger partial charge in [0.05, 0.1) is 13.2 Å². The molecule has 1 aliphatic heterocycles. The number of nitrogens with two attached hydrogens (primary N) is 1. The fourth-order valence-electron chi connectivity index (χ4n) is 2.69. The Morgan fingerprint density at radius 1 is 1.35 bits per heavy atom. The molecule has 1 saturated heterocycles. The third kappa shape index (κ3) is 4.40. The highest BCUT2D eigenvalue weighted by Gasteiger charge is 2.17. The van der Waals surface area contributed by atoms with Crippen molar-refractivity contribution >= 4 is 11.7 Å². The van der Waals surface area contributed by atoms with Crippen molar-refractivity contribution in [2.24, 2.45) is 0 Å². The third-order valence-electron chi connectivity index (χ3n) is 4.07. The molecule has 1 amide bonds. The second-order valence-corrected chi connectivity index (χ2v) is 5.90. The molecule has 3 rings (SSSR count). The molecule has 2 aromatic rings. The van der Waals surface area contributed by atoms with E-state index in [1.165, 1.54) is 12.4 Å².